The predicted molar refractivity (Wildman–Crippen MR) is 60.4 cm³/mol. The Kier molecular flexibility index (Phi) is 4.90. The average Bonchev–Trinajstić information content (AvgIpc) is 2.27. The van der Waals surface area contributed by atoms with Crippen molar-refractivity contribution >= 4 is 0 Å². The summed E-state index contributed by atoms with van der Waals surface area (Å²) in [4.78, 5) is 0. The highest BCUT2D eigenvalue weighted by atomic mass is 16.3. The summed E-state index contributed by atoms with van der Waals surface area (Å²) in [6.07, 6.45) is 8.52. The van der Waals surface area contributed by atoms with E-state index in [1.54, 1.807) is 0 Å². The van der Waals surface area contributed by atoms with Gasteiger partial charge in [-0.1, -0.05) is 33.1 Å². The molecule has 1 fully saturated rings. The van der Waals surface area contributed by atoms with E-state index in [1.807, 2.05) is 0 Å². The largest absolute Gasteiger partial charge is 0.394 e. The molecule has 0 bridgehead atoms. The Hall–Kier alpha value is -0.0800. The van der Waals surface area contributed by atoms with Crippen molar-refractivity contribution in [1.82, 2.24) is 5.32 Å². The van der Waals surface area contributed by atoms with Crippen LogP contribution in [0.15, 0.2) is 0 Å². The van der Waals surface area contributed by atoms with Gasteiger partial charge in [0, 0.05) is 11.6 Å². The molecule has 0 heterocycles. The summed E-state index contributed by atoms with van der Waals surface area (Å²) in [6.45, 7) is 4.74. The highest BCUT2D eigenvalue weighted by molar-refractivity contribution is 4.92. The number of hydrogen-bond acceptors (Lipinski definition) is 2. The molecule has 0 atom stereocenters. The maximum atomic E-state index is 9.52. The van der Waals surface area contributed by atoms with Crippen molar-refractivity contribution < 1.29 is 5.11 Å². The van der Waals surface area contributed by atoms with Gasteiger partial charge in [0.1, 0.15) is 0 Å². The summed E-state index contributed by atoms with van der Waals surface area (Å²) in [6, 6.07) is 0.584. The van der Waals surface area contributed by atoms with Crippen LogP contribution in [0, 0.1) is 0 Å². The van der Waals surface area contributed by atoms with E-state index in [2.05, 4.69) is 19.2 Å². The van der Waals surface area contributed by atoms with Crippen LogP contribution in [0.2, 0.25) is 0 Å². The third-order valence-electron chi connectivity index (χ3n) is 3.61. The maximum Gasteiger partial charge on any atom is 0.0613 e. The number of hydrogen-bond donors (Lipinski definition) is 2. The van der Waals surface area contributed by atoms with Crippen molar-refractivity contribution in [3.63, 3.8) is 0 Å². The van der Waals surface area contributed by atoms with Gasteiger partial charge in [0.15, 0.2) is 0 Å². The van der Waals surface area contributed by atoms with E-state index in [9.17, 15) is 5.11 Å². The van der Waals surface area contributed by atoms with Crippen LogP contribution in [0.25, 0.3) is 0 Å². The van der Waals surface area contributed by atoms with Crippen LogP contribution in [0.3, 0.4) is 0 Å². The van der Waals surface area contributed by atoms with Crippen molar-refractivity contribution in [2.45, 2.75) is 70.4 Å². The molecule has 0 amide bonds. The fourth-order valence-corrected chi connectivity index (χ4v) is 2.50. The lowest BCUT2D eigenvalue weighted by Crippen LogP contribution is -2.53. The number of rotatable bonds is 5. The molecular formula is C12H25NO. The first-order valence-electron chi connectivity index (χ1n) is 6.15. The third kappa shape index (κ3) is 2.96. The molecule has 2 N–H and O–H groups in total. The Balaban J connectivity index is 2.50. The second kappa shape index (κ2) is 5.72. The topological polar surface area (TPSA) is 32.3 Å². The molecule has 2 heteroatoms. The van der Waals surface area contributed by atoms with Gasteiger partial charge in [-0.15, -0.1) is 0 Å². The maximum absolute atomic E-state index is 9.52. The second-order valence-electron chi connectivity index (χ2n) is 4.66. The number of aliphatic hydroxyl groups is 1. The van der Waals surface area contributed by atoms with E-state index in [0.29, 0.717) is 12.6 Å². The summed E-state index contributed by atoms with van der Waals surface area (Å²) >= 11 is 0. The highest BCUT2D eigenvalue weighted by Crippen LogP contribution is 2.28. The summed E-state index contributed by atoms with van der Waals surface area (Å²) in [7, 11) is 0. The van der Waals surface area contributed by atoms with Gasteiger partial charge in [0.2, 0.25) is 0 Å². The molecule has 1 rings (SSSR count). The fourth-order valence-electron chi connectivity index (χ4n) is 2.50. The van der Waals surface area contributed by atoms with Crippen LogP contribution in [-0.2, 0) is 0 Å². The monoisotopic (exact) mass is 199 g/mol. The van der Waals surface area contributed by atoms with Crippen LogP contribution >= 0.6 is 0 Å². The molecule has 0 aromatic carbocycles. The molecule has 1 aliphatic rings. The molecule has 0 aliphatic heterocycles. The normalized spacial score (nSPS) is 21.4. The molecule has 84 valence electrons. The van der Waals surface area contributed by atoms with Gasteiger partial charge in [0.05, 0.1) is 6.61 Å². The van der Waals surface area contributed by atoms with E-state index in [0.717, 1.165) is 25.7 Å². The zero-order valence-corrected chi connectivity index (χ0v) is 9.68. The summed E-state index contributed by atoms with van der Waals surface area (Å²) in [5, 5.41) is 13.2. The van der Waals surface area contributed by atoms with E-state index < -0.39 is 0 Å². The van der Waals surface area contributed by atoms with Crippen molar-refractivity contribution in [2.24, 2.45) is 0 Å². The molecule has 0 spiro atoms. The van der Waals surface area contributed by atoms with Gasteiger partial charge in [-0.05, 0) is 25.7 Å². The highest BCUT2D eigenvalue weighted by Gasteiger charge is 2.32. The van der Waals surface area contributed by atoms with Crippen LogP contribution in [0.4, 0.5) is 0 Å². The van der Waals surface area contributed by atoms with E-state index >= 15 is 0 Å². The van der Waals surface area contributed by atoms with Crippen molar-refractivity contribution in [2.75, 3.05) is 6.61 Å². The standard InChI is InChI=1S/C12H25NO/c1-3-11(4-2)13-12(10-14)8-6-5-7-9-12/h11,13-14H,3-10H2,1-2H3. The predicted octanol–water partition coefficient (Wildman–Crippen LogP) is 2.46. The minimum Gasteiger partial charge on any atom is -0.394 e. The Bertz CT molecular complexity index is 148. The van der Waals surface area contributed by atoms with Gasteiger partial charge < -0.3 is 10.4 Å². The van der Waals surface area contributed by atoms with Crippen molar-refractivity contribution in [3.05, 3.63) is 0 Å². The fraction of sp³-hybridized carbons (Fsp3) is 1.00. The van der Waals surface area contributed by atoms with Crippen LogP contribution in [0.1, 0.15) is 58.8 Å². The Labute approximate surface area is 88.1 Å². The lowest BCUT2D eigenvalue weighted by Gasteiger charge is -2.39. The van der Waals surface area contributed by atoms with Crippen molar-refractivity contribution in [1.29, 1.82) is 0 Å². The first-order chi connectivity index (χ1) is 6.76. The van der Waals surface area contributed by atoms with Crippen molar-refractivity contribution in [3.8, 4) is 0 Å². The third-order valence-corrected chi connectivity index (χ3v) is 3.61. The van der Waals surface area contributed by atoms with Gasteiger partial charge in [-0.3, -0.25) is 0 Å². The summed E-state index contributed by atoms with van der Waals surface area (Å²) in [5.41, 5.74) is 0.0505. The molecular weight excluding hydrogens is 174 g/mol. The van der Waals surface area contributed by atoms with Gasteiger partial charge in [-0.2, -0.15) is 0 Å². The summed E-state index contributed by atoms with van der Waals surface area (Å²) in [5.74, 6) is 0. The molecule has 0 radical (unpaired) electrons. The van der Waals surface area contributed by atoms with Gasteiger partial charge in [0.25, 0.3) is 0 Å². The van der Waals surface area contributed by atoms with E-state index in [1.165, 1.54) is 19.3 Å². The number of nitrogens with one attached hydrogen (secondary N) is 1. The van der Waals surface area contributed by atoms with Crippen LogP contribution in [0.5, 0.6) is 0 Å². The van der Waals surface area contributed by atoms with Crippen LogP contribution < -0.4 is 5.32 Å². The summed E-state index contributed by atoms with van der Waals surface area (Å²) < 4.78 is 0. The molecule has 2 nitrogen and oxygen atoms in total. The number of aliphatic hydroxyl groups excluding tert-OH is 1. The molecule has 0 aromatic rings. The Morgan fingerprint density at radius 2 is 1.71 bits per heavy atom. The minimum absolute atomic E-state index is 0.0505. The molecule has 0 unspecified atom stereocenters. The van der Waals surface area contributed by atoms with E-state index in [4.69, 9.17) is 0 Å². The SMILES string of the molecule is CCC(CC)NC1(CO)CCCCC1. The lowest BCUT2D eigenvalue weighted by molar-refractivity contribution is 0.107. The molecule has 0 aromatic heterocycles. The molecule has 0 saturated heterocycles. The molecule has 14 heavy (non-hydrogen) atoms. The molecule has 1 aliphatic carbocycles. The van der Waals surface area contributed by atoms with E-state index in [-0.39, 0.29) is 5.54 Å². The Morgan fingerprint density at radius 1 is 1.14 bits per heavy atom. The van der Waals surface area contributed by atoms with Crippen LogP contribution in [-0.4, -0.2) is 23.3 Å². The lowest BCUT2D eigenvalue weighted by atomic mass is 9.81. The zero-order chi connectivity index (χ0) is 10.4. The van der Waals surface area contributed by atoms with Gasteiger partial charge in [-0.25, -0.2) is 0 Å². The Morgan fingerprint density at radius 3 is 2.14 bits per heavy atom. The zero-order valence-electron chi connectivity index (χ0n) is 9.68. The molecule has 1 saturated carbocycles. The first kappa shape index (κ1) is 12.0. The second-order valence-corrected chi connectivity index (χ2v) is 4.66. The van der Waals surface area contributed by atoms with Gasteiger partial charge >= 0.3 is 0 Å². The quantitative estimate of drug-likeness (QED) is 0.713. The smallest absolute Gasteiger partial charge is 0.0613 e. The minimum atomic E-state index is 0.0505. The first-order valence-corrected chi connectivity index (χ1v) is 6.15. The average molecular weight is 199 g/mol.